The molecule has 0 radical (unpaired) electrons. The van der Waals surface area contributed by atoms with Gasteiger partial charge in [-0.25, -0.2) is 4.39 Å². The van der Waals surface area contributed by atoms with E-state index < -0.39 is 5.82 Å². The van der Waals surface area contributed by atoms with E-state index in [1.54, 1.807) is 12.1 Å². The predicted molar refractivity (Wildman–Crippen MR) is 77.0 cm³/mol. The number of nitrogens with one attached hydrogen (secondary N) is 1. The van der Waals surface area contributed by atoms with Gasteiger partial charge in [0.15, 0.2) is 5.82 Å². The van der Waals surface area contributed by atoms with E-state index in [1.165, 1.54) is 10.7 Å². The molecule has 0 spiro atoms. The Kier molecular flexibility index (Phi) is 2.95. The van der Waals surface area contributed by atoms with Gasteiger partial charge in [0, 0.05) is 17.5 Å². The predicted octanol–water partition coefficient (Wildman–Crippen LogP) is 2.27. The standard InChI is InChI=1S/C15H16FN5O/c1-8-6-11(8)15(22)17-10-4-5-12(16)13(7-10)21-14(9-2-3-9)18-19-20-21/h4-5,7-9,11H,2-3,6H2,1H3,(H,17,22)/t8-,11-/m0/s1. The third-order valence-corrected chi connectivity index (χ3v) is 4.32. The Hall–Kier alpha value is -2.31. The van der Waals surface area contributed by atoms with Crippen molar-refractivity contribution in [1.29, 1.82) is 0 Å². The van der Waals surface area contributed by atoms with Crippen molar-refractivity contribution in [3.63, 3.8) is 0 Å². The van der Waals surface area contributed by atoms with E-state index in [9.17, 15) is 9.18 Å². The van der Waals surface area contributed by atoms with Crippen LogP contribution in [0.5, 0.6) is 0 Å². The summed E-state index contributed by atoms with van der Waals surface area (Å²) in [5.74, 6) is 1.07. The van der Waals surface area contributed by atoms with Crippen molar-refractivity contribution >= 4 is 11.6 Å². The maximum Gasteiger partial charge on any atom is 0.227 e. The molecule has 114 valence electrons. The topological polar surface area (TPSA) is 72.7 Å². The first-order valence-corrected chi connectivity index (χ1v) is 7.52. The summed E-state index contributed by atoms with van der Waals surface area (Å²) in [6, 6.07) is 4.48. The fraction of sp³-hybridized carbons (Fsp3) is 0.467. The molecule has 1 heterocycles. The van der Waals surface area contributed by atoms with Crippen LogP contribution in [-0.4, -0.2) is 26.1 Å². The lowest BCUT2D eigenvalue weighted by atomic mass is 10.2. The summed E-state index contributed by atoms with van der Waals surface area (Å²) < 4.78 is 15.6. The van der Waals surface area contributed by atoms with Crippen LogP contribution in [0.1, 0.15) is 37.9 Å². The summed E-state index contributed by atoms with van der Waals surface area (Å²) in [7, 11) is 0. The summed E-state index contributed by atoms with van der Waals surface area (Å²) >= 11 is 0. The van der Waals surface area contributed by atoms with Gasteiger partial charge >= 0.3 is 0 Å². The summed E-state index contributed by atoms with van der Waals surface area (Å²) in [6.07, 6.45) is 2.97. The average molecular weight is 301 g/mol. The molecular weight excluding hydrogens is 285 g/mol. The van der Waals surface area contributed by atoms with Crippen LogP contribution >= 0.6 is 0 Å². The minimum atomic E-state index is -0.410. The van der Waals surface area contributed by atoms with Crippen LogP contribution in [0.2, 0.25) is 0 Å². The van der Waals surface area contributed by atoms with Gasteiger partial charge in [-0.2, -0.15) is 4.68 Å². The molecule has 2 fully saturated rings. The number of hydrogen-bond acceptors (Lipinski definition) is 4. The monoisotopic (exact) mass is 301 g/mol. The van der Waals surface area contributed by atoms with Gasteiger partial charge < -0.3 is 5.32 Å². The molecular formula is C15H16FN5O. The molecule has 0 unspecified atom stereocenters. The molecule has 0 bridgehead atoms. The Morgan fingerprint density at radius 3 is 2.86 bits per heavy atom. The molecule has 1 aromatic carbocycles. The summed E-state index contributed by atoms with van der Waals surface area (Å²) in [5.41, 5.74) is 0.839. The quantitative estimate of drug-likeness (QED) is 0.940. The molecule has 2 aliphatic carbocycles. The lowest BCUT2D eigenvalue weighted by Gasteiger charge is -2.09. The number of amides is 1. The molecule has 22 heavy (non-hydrogen) atoms. The molecule has 6 nitrogen and oxygen atoms in total. The van der Waals surface area contributed by atoms with Gasteiger partial charge in [0.25, 0.3) is 0 Å². The van der Waals surface area contributed by atoms with Crippen LogP contribution in [-0.2, 0) is 4.79 Å². The lowest BCUT2D eigenvalue weighted by molar-refractivity contribution is -0.117. The minimum absolute atomic E-state index is 0.0100. The highest BCUT2D eigenvalue weighted by molar-refractivity contribution is 5.94. The number of anilines is 1. The van der Waals surface area contributed by atoms with E-state index >= 15 is 0 Å². The van der Waals surface area contributed by atoms with E-state index in [2.05, 4.69) is 20.8 Å². The Morgan fingerprint density at radius 1 is 1.41 bits per heavy atom. The second kappa shape index (κ2) is 4.86. The number of carbonyl (C=O) groups is 1. The second-order valence-corrected chi connectivity index (χ2v) is 6.20. The zero-order valence-electron chi connectivity index (χ0n) is 12.2. The molecule has 1 aromatic heterocycles. The number of benzene rings is 1. The van der Waals surface area contributed by atoms with Crippen LogP contribution in [0.15, 0.2) is 18.2 Å². The molecule has 4 rings (SSSR count). The number of halogens is 1. The Bertz CT molecular complexity index is 739. The van der Waals surface area contributed by atoms with Crippen molar-refractivity contribution in [2.75, 3.05) is 5.32 Å². The highest BCUT2D eigenvalue weighted by Gasteiger charge is 2.39. The van der Waals surface area contributed by atoms with Crippen molar-refractivity contribution in [1.82, 2.24) is 20.2 Å². The van der Waals surface area contributed by atoms with Gasteiger partial charge in [-0.05, 0) is 53.8 Å². The zero-order chi connectivity index (χ0) is 15.3. The van der Waals surface area contributed by atoms with E-state index in [0.29, 0.717) is 23.3 Å². The molecule has 2 aliphatic rings. The van der Waals surface area contributed by atoms with Crippen molar-refractivity contribution in [3.05, 3.63) is 29.8 Å². The summed E-state index contributed by atoms with van der Waals surface area (Å²) in [5, 5.41) is 14.4. The Morgan fingerprint density at radius 2 is 2.18 bits per heavy atom. The Balaban J connectivity index is 1.63. The first-order valence-electron chi connectivity index (χ1n) is 7.52. The molecule has 1 amide bonds. The number of tetrazole rings is 1. The van der Waals surface area contributed by atoms with Gasteiger partial charge in [0.2, 0.25) is 5.91 Å². The molecule has 7 heteroatoms. The van der Waals surface area contributed by atoms with Crippen molar-refractivity contribution in [2.24, 2.45) is 11.8 Å². The third-order valence-electron chi connectivity index (χ3n) is 4.32. The van der Waals surface area contributed by atoms with Gasteiger partial charge in [-0.1, -0.05) is 6.92 Å². The molecule has 2 saturated carbocycles. The fourth-order valence-electron chi connectivity index (χ4n) is 2.64. The highest BCUT2D eigenvalue weighted by atomic mass is 19.1. The van der Waals surface area contributed by atoms with Crippen molar-refractivity contribution in [3.8, 4) is 5.69 Å². The second-order valence-electron chi connectivity index (χ2n) is 6.20. The largest absolute Gasteiger partial charge is 0.326 e. The van der Waals surface area contributed by atoms with Gasteiger partial charge in [-0.15, -0.1) is 5.10 Å². The number of hydrogen-bond donors (Lipinski definition) is 1. The Labute approximate surface area is 126 Å². The minimum Gasteiger partial charge on any atom is -0.326 e. The third kappa shape index (κ3) is 2.36. The summed E-state index contributed by atoms with van der Waals surface area (Å²) in [6.45, 7) is 2.04. The van der Waals surface area contributed by atoms with Gasteiger partial charge in [0.05, 0.1) is 0 Å². The van der Waals surface area contributed by atoms with Crippen molar-refractivity contribution in [2.45, 2.75) is 32.1 Å². The normalized spacial score (nSPS) is 23.4. The smallest absolute Gasteiger partial charge is 0.227 e. The first-order chi connectivity index (χ1) is 10.6. The maximum absolute atomic E-state index is 14.1. The van der Waals surface area contributed by atoms with Gasteiger partial charge in [0.1, 0.15) is 11.5 Å². The molecule has 0 saturated heterocycles. The lowest BCUT2D eigenvalue weighted by Crippen LogP contribution is -2.15. The van der Waals surface area contributed by atoms with Crippen LogP contribution < -0.4 is 5.32 Å². The number of aromatic nitrogens is 4. The van der Waals surface area contributed by atoms with E-state index in [1.807, 2.05) is 6.92 Å². The van der Waals surface area contributed by atoms with Crippen LogP contribution in [0.4, 0.5) is 10.1 Å². The summed E-state index contributed by atoms with van der Waals surface area (Å²) in [4.78, 5) is 12.0. The fourth-order valence-corrected chi connectivity index (χ4v) is 2.64. The van der Waals surface area contributed by atoms with E-state index in [-0.39, 0.29) is 17.5 Å². The van der Waals surface area contributed by atoms with Crippen LogP contribution in [0.3, 0.4) is 0 Å². The number of carbonyl (C=O) groups excluding carboxylic acids is 1. The van der Waals surface area contributed by atoms with Gasteiger partial charge in [-0.3, -0.25) is 4.79 Å². The SMILES string of the molecule is C[C@H]1C[C@@H]1C(=O)Nc1ccc(F)c(-n2nnnc2C2CC2)c1. The number of nitrogens with zero attached hydrogens (tertiary/aromatic N) is 4. The zero-order valence-corrected chi connectivity index (χ0v) is 12.2. The van der Waals surface area contributed by atoms with Crippen molar-refractivity contribution < 1.29 is 9.18 Å². The number of rotatable bonds is 4. The first kappa shape index (κ1) is 13.4. The average Bonchev–Trinajstić information content (AvgIpc) is 3.41. The molecule has 2 aromatic rings. The van der Waals surface area contributed by atoms with E-state index in [4.69, 9.17) is 0 Å². The molecule has 0 aliphatic heterocycles. The molecule has 1 N–H and O–H groups in total. The van der Waals surface area contributed by atoms with E-state index in [0.717, 1.165) is 19.3 Å². The van der Waals surface area contributed by atoms with Crippen LogP contribution in [0, 0.1) is 17.7 Å². The maximum atomic E-state index is 14.1. The molecule has 2 atom stereocenters. The van der Waals surface area contributed by atoms with Crippen LogP contribution in [0.25, 0.3) is 5.69 Å². The highest BCUT2D eigenvalue weighted by Crippen LogP contribution is 2.40.